The average Bonchev–Trinajstić information content (AvgIpc) is 2.67. The molecule has 0 atom stereocenters. The molecule has 0 heterocycles. The Kier molecular flexibility index (Phi) is 7.90. The Morgan fingerprint density at radius 3 is 2.59 bits per heavy atom. The molecule has 0 aromatic heterocycles. The van der Waals surface area contributed by atoms with E-state index in [0.717, 1.165) is 12.1 Å². The number of anilines is 1. The monoisotopic (exact) mass is 429 g/mol. The lowest BCUT2D eigenvalue weighted by molar-refractivity contribution is -0.142. The van der Waals surface area contributed by atoms with Gasteiger partial charge in [0.15, 0.2) is 18.1 Å². The van der Waals surface area contributed by atoms with E-state index in [1.807, 2.05) is 0 Å². The van der Waals surface area contributed by atoms with Gasteiger partial charge in [-0.3, -0.25) is 4.79 Å². The third-order valence-electron chi connectivity index (χ3n) is 3.37. The third kappa shape index (κ3) is 7.04. The van der Waals surface area contributed by atoms with E-state index in [9.17, 15) is 22.8 Å². The van der Waals surface area contributed by atoms with Gasteiger partial charge in [-0.1, -0.05) is 17.7 Å². The topological polar surface area (TPSA) is 73.9 Å². The fraction of sp³-hybridized carbons (Fsp3) is 0.158. The van der Waals surface area contributed by atoms with Crippen LogP contribution in [0.4, 0.5) is 18.9 Å². The summed E-state index contributed by atoms with van der Waals surface area (Å²) in [5.41, 5.74) is 0.331. The summed E-state index contributed by atoms with van der Waals surface area (Å²) in [5.74, 6) is -2.43. The highest BCUT2D eigenvalue weighted by Gasteiger charge is 2.11. The van der Waals surface area contributed by atoms with E-state index in [1.54, 1.807) is 0 Å². The number of amides is 1. The highest BCUT2D eigenvalue weighted by atomic mass is 35.5. The third-order valence-corrected chi connectivity index (χ3v) is 3.60. The molecule has 0 saturated heterocycles. The summed E-state index contributed by atoms with van der Waals surface area (Å²) in [5, 5.41) is 2.41. The lowest BCUT2D eigenvalue weighted by Gasteiger charge is -2.10. The maximum atomic E-state index is 13.6. The SMILES string of the molecule is COc1cc(/C=C/C(=O)OCC(=O)Nc2ccc(Cl)cc2F)ccc1OC(F)F. The molecule has 6 nitrogen and oxygen atoms in total. The number of carbonyl (C=O) groups is 2. The largest absolute Gasteiger partial charge is 0.493 e. The van der Waals surface area contributed by atoms with Crippen LogP contribution in [-0.2, 0) is 14.3 Å². The molecular weight excluding hydrogens is 415 g/mol. The van der Waals surface area contributed by atoms with E-state index in [1.165, 1.54) is 43.5 Å². The van der Waals surface area contributed by atoms with Gasteiger partial charge in [0, 0.05) is 11.1 Å². The molecule has 154 valence electrons. The van der Waals surface area contributed by atoms with Crippen LogP contribution in [0.1, 0.15) is 5.56 Å². The fourth-order valence-corrected chi connectivity index (χ4v) is 2.27. The molecule has 2 rings (SSSR count). The number of carbonyl (C=O) groups excluding carboxylic acids is 2. The summed E-state index contributed by atoms with van der Waals surface area (Å²) in [6, 6.07) is 7.73. The second-order valence-electron chi connectivity index (χ2n) is 5.40. The van der Waals surface area contributed by atoms with Gasteiger partial charge in [-0.2, -0.15) is 8.78 Å². The molecule has 0 saturated carbocycles. The minimum absolute atomic E-state index is 0.0465. The Hall–Kier alpha value is -3.20. The summed E-state index contributed by atoms with van der Waals surface area (Å²) in [6.45, 7) is -3.65. The molecular formula is C19H15ClF3NO5. The van der Waals surface area contributed by atoms with Crippen molar-refractivity contribution in [3.63, 3.8) is 0 Å². The van der Waals surface area contributed by atoms with Crippen LogP contribution in [0.5, 0.6) is 11.5 Å². The zero-order valence-corrected chi connectivity index (χ0v) is 15.7. The number of nitrogens with one attached hydrogen (secondary N) is 1. The molecule has 0 fully saturated rings. The van der Waals surface area contributed by atoms with Gasteiger partial charge in [-0.05, 0) is 42.0 Å². The minimum Gasteiger partial charge on any atom is -0.493 e. The molecule has 2 aromatic rings. The summed E-state index contributed by atoms with van der Waals surface area (Å²) < 4.78 is 52.2. The van der Waals surface area contributed by atoms with Gasteiger partial charge in [-0.15, -0.1) is 0 Å². The van der Waals surface area contributed by atoms with Gasteiger partial charge < -0.3 is 19.5 Å². The van der Waals surface area contributed by atoms with Crippen molar-refractivity contribution in [1.29, 1.82) is 0 Å². The Morgan fingerprint density at radius 1 is 1.17 bits per heavy atom. The van der Waals surface area contributed by atoms with Crippen LogP contribution in [-0.4, -0.2) is 32.2 Å². The summed E-state index contributed by atoms with van der Waals surface area (Å²) in [4.78, 5) is 23.4. The molecule has 1 amide bonds. The Morgan fingerprint density at radius 2 is 1.93 bits per heavy atom. The normalized spacial score (nSPS) is 10.8. The number of hydrogen-bond acceptors (Lipinski definition) is 5. The standard InChI is InChI=1S/C19H15ClF3NO5/c1-27-16-8-11(2-6-15(16)29-19(22)23)3-7-18(26)28-10-17(25)24-14-5-4-12(20)9-13(14)21/h2-9,19H,10H2,1H3,(H,24,25)/b7-3+. The molecule has 0 spiro atoms. The molecule has 0 unspecified atom stereocenters. The second kappa shape index (κ2) is 10.4. The van der Waals surface area contributed by atoms with E-state index in [0.29, 0.717) is 5.56 Å². The van der Waals surface area contributed by atoms with Gasteiger partial charge in [0.1, 0.15) is 5.82 Å². The van der Waals surface area contributed by atoms with Crippen molar-refractivity contribution >= 4 is 35.2 Å². The van der Waals surface area contributed by atoms with Crippen LogP contribution in [0.2, 0.25) is 5.02 Å². The van der Waals surface area contributed by atoms with Gasteiger partial charge in [0.2, 0.25) is 0 Å². The maximum absolute atomic E-state index is 13.6. The van der Waals surface area contributed by atoms with Crippen molar-refractivity contribution in [2.24, 2.45) is 0 Å². The number of halogens is 4. The summed E-state index contributed by atoms with van der Waals surface area (Å²) in [7, 11) is 1.28. The first kappa shape index (κ1) is 22.1. The van der Waals surface area contributed by atoms with Crippen LogP contribution in [0, 0.1) is 5.82 Å². The highest BCUT2D eigenvalue weighted by molar-refractivity contribution is 6.30. The molecule has 0 radical (unpaired) electrons. The van der Waals surface area contributed by atoms with Crippen LogP contribution in [0.25, 0.3) is 6.08 Å². The van der Waals surface area contributed by atoms with E-state index < -0.39 is 30.9 Å². The van der Waals surface area contributed by atoms with Crippen LogP contribution >= 0.6 is 11.6 Å². The van der Waals surface area contributed by atoms with Crippen molar-refractivity contribution in [2.75, 3.05) is 19.0 Å². The van der Waals surface area contributed by atoms with Crippen molar-refractivity contribution in [1.82, 2.24) is 0 Å². The quantitative estimate of drug-likeness (QED) is 0.500. The van der Waals surface area contributed by atoms with Crippen LogP contribution < -0.4 is 14.8 Å². The number of benzene rings is 2. The molecule has 29 heavy (non-hydrogen) atoms. The molecule has 0 aliphatic rings. The first-order valence-corrected chi connectivity index (χ1v) is 8.39. The molecule has 0 bridgehead atoms. The number of alkyl halides is 2. The Bertz CT molecular complexity index is 921. The van der Waals surface area contributed by atoms with Gasteiger partial charge in [-0.25, -0.2) is 9.18 Å². The van der Waals surface area contributed by atoms with Gasteiger partial charge >= 0.3 is 12.6 Å². The fourth-order valence-electron chi connectivity index (χ4n) is 2.11. The summed E-state index contributed by atoms with van der Waals surface area (Å²) >= 11 is 5.61. The maximum Gasteiger partial charge on any atom is 0.387 e. The van der Waals surface area contributed by atoms with Crippen molar-refractivity contribution < 1.29 is 37.0 Å². The number of esters is 1. The van der Waals surface area contributed by atoms with E-state index in [4.69, 9.17) is 21.1 Å². The highest BCUT2D eigenvalue weighted by Crippen LogP contribution is 2.29. The van der Waals surface area contributed by atoms with E-state index >= 15 is 0 Å². The van der Waals surface area contributed by atoms with E-state index in [-0.39, 0.29) is 22.2 Å². The molecule has 0 aliphatic carbocycles. The first-order chi connectivity index (χ1) is 13.8. The molecule has 10 heteroatoms. The number of hydrogen-bond donors (Lipinski definition) is 1. The predicted molar refractivity (Wildman–Crippen MR) is 99.7 cm³/mol. The van der Waals surface area contributed by atoms with Crippen LogP contribution in [0.15, 0.2) is 42.5 Å². The Balaban J connectivity index is 1.89. The number of ether oxygens (including phenoxy) is 3. The predicted octanol–water partition coefficient (Wildman–Crippen LogP) is 4.28. The lowest BCUT2D eigenvalue weighted by atomic mass is 10.2. The molecule has 1 N–H and O–H groups in total. The first-order valence-electron chi connectivity index (χ1n) is 8.01. The van der Waals surface area contributed by atoms with Crippen molar-refractivity contribution in [3.8, 4) is 11.5 Å². The minimum atomic E-state index is -3.01. The number of rotatable bonds is 8. The smallest absolute Gasteiger partial charge is 0.387 e. The lowest BCUT2D eigenvalue weighted by Crippen LogP contribution is -2.20. The van der Waals surface area contributed by atoms with Crippen LogP contribution in [0.3, 0.4) is 0 Å². The summed E-state index contributed by atoms with van der Waals surface area (Å²) in [6.07, 6.45) is 2.35. The Labute approximate surface area is 168 Å². The zero-order valence-electron chi connectivity index (χ0n) is 15.0. The zero-order chi connectivity index (χ0) is 21.4. The second-order valence-corrected chi connectivity index (χ2v) is 5.84. The molecule has 0 aliphatic heterocycles. The van der Waals surface area contributed by atoms with E-state index in [2.05, 4.69) is 10.1 Å². The molecule has 2 aromatic carbocycles. The average molecular weight is 430 g/mol. The number of methoxy groups -OCH3 is 1. The van der Waals surface area contributed by atoms with Gasteiger partial charge in [0.25, 0.3) is 5.91 Å². The van der Waals surface area contributed by atoms with Crippen molar-refractivity contribution in [2.45, 2.75) is 6.61 Å². The van der Waals surface area contributed by atoms with Crippen molar-refractivity contribution in [3.05, 3.63) is 58.9 Å². The van der Waals surface area contributed by atoms with Gasteiger partial charge in [0.05, 0.1) is 12.8 Å².